The number of fused-ring (bicyclic) bond motifs is 1. The monoisotopic (exact) mass is 450 g/mol. The van der Waals surface area contributed by atoms with E-state index in [2.05, 4.69) is 37.3 Å². The summed E-state index contributed by atoms with van der Waals surface area (Å²) >= 11 is 1.49. The van der Waals surface area contributed by atoms with Gasteiger partial charge in [-0.25, -0.2) is 4.90 Å². The Morgan fingerprint density at radius 2 is 1.42 bits per heavy atom. The summed E-state index contributed by atoms with van der Waals surface area (Å²) in [5.41, 5.74) is 6.29. The van der Waals surface area contributed by atoms with Gasteiger partial charge in [-0.3, -0.25) is 9.59 Å². The van der Waals surface area contributed by atoms with E-state index < -0.39 is 11.8 Å². The van der Waals surface area contributed by atoms with E-state index in [9.17, 15) is 14.9 Å². The van der Waals surface area contributed by atoms with Crippen molar-refractivity contribution in [3.8, 4) is 6.07 Å². The van der Waals surface area contributed by atoms with E-state index in [-0.39, 0.29) is 23.7 Å². The van der Waals surface area contributed by atoms with Crippen LogP contribution in [0.3, 0.4) is 0 Å². The van der Waals surface area contributed by atoms with E-state index >= 15 is 0 Å². The van der Waals surface area contributed by atoms with Crippen LogP contribution in [0.1, 0.15) is 63.4 Å². The average molecular weight is 451 g/mol. The quantitative estimate of drug-likeness (QED) is 0.482. The van der Waals surface area contributed by atoms with Crippen LogP contribution < -0.4 is 4.90 Å². The van der Waals surface area contributed by atoms with E-state index in [0.717, 1.165) is 24.8 Å². The smallest absolute Gasteiger partial charge is 0.239 e. The molecule has 0 unspecified atom stereocenters. The van der Waals surface area contributed by atoms with Crippen molar-refractivity contribution in [1.29, 1.82) is 5.26 Å². The summed E-state index contributed by atoms with van der Waals surface area (Å²) in [6.45, 7) is 2.20. The predicted octanol–water partition coefficient (Wildman–Crippen LogP) is 5.14. The van der Waals surface area contributed by atoms with Gasteiger partial charge in [0.25, 0.3) is 0 Å². The van der Waals surface area contributed by atoms with Crippen molar-refractivity contribution < 1.29 is 9.59 Å². The molecule has 0 radical (unpaired) electrons. The molecule has 2 bridgehead atoms. The molecule has 2 amide bonds. The molecule has 2 heterocycles. The largest absolute Gasteiger partial charge is 0.274 e. The van der Waals surface area contributed by atoms with E-state index in [4.69, 9.17) is 0 Å². The molecule has 1 aliphatic heterocycles. The number of benzene rings is 2. The molecule has 1 saturated heterocycles. The first kappa shape index (κ1) is 19.3. The van der Waals surface area contributed by atoms with Crippen LogP contribution in [0, 0.1) is 29.1 Å². The van der Waals surface area contributed by atoms with Gasteiger partial charge in [0, 0.05) is 16.7 Å². The number of nitrogens with zero attached hydrogens (tertiary/aromatic N) is 2. The molecule has 1 aromatic heterocycles. The minimum atomic E-state index is -0.406. The van der Waals surface area contributed by atoms with Crippen molar-refractivity contribution in [2.24, 2.45) is 17.8 Å². The van der Waals surface area contributed by atoms with Crippen LogP contribution in [0.25, 0.3) is 0 Å². The van der Waals surface area contributed by atoms with Crippen LogP contribution in [0.4, 0.5) is 5.00 Å². The Morgan fingerprint density at radius 1 is 0.909 bits per heavy atom. The Hall–Kier alpha value is -3.23. The molecule has 8 rings (SSSR count). The Kier molecular flexibility index (Phi) is 3.88. The van der Waals surface area contributed by atoms with E-state index in [1.807, 2.05) is 24.3 Å². The lowest BCUT2D eigenvalue weighted by Crippen LogP contribution is -2.41. The lowest BCUT2D eigenvalue weighted by Gasteiger charge is -2.45. The van der Waals surface area contributed by atoms with Gasteiger partial charge < -0.3 is 0 Å². The van der Waals surface area contributed by atoms with Gasteiger partial charge >= 0.3 is 0 Å². The summed E-state index contributed by atoms with van der Waals surface area (Å²) in [5, 5.41) is 10.6. The summed E-state index contributed by atoms with van der Waals surface area (Å²) in [4.78, 5) is 30.6. The van der Waals surface area contributed by atoms with Gasteiger partial charge in [-0.2, -0.15) is 5.26 Å². The number of thiophene rings is 1. The fourth-order valence-electron chi connectivity index (χ4n) is 6.89. The Balaban J connectivity index is 1.41. The molecule has 162 valence electrons. The third-order valence-corrected chi connectivity index (χ3v) is 9.53. The first-order valence-electron chi connectivity index (χ1n) is 11.7. The van der Waals surface area contributed by atoms with Gasteiger partial charge in [-0.1, -0.05) is 55.5 Å². The van der Waals surface area contributed by atoms with Gasteiger partial charge in [0.15, 0.2) is 0 Å². The average Bonchev–Trinajstić information content (AvgIpc) is 3.32. The highest BCUT2D eigenvalue weighted by Crippen LogP contribution is 2.61. The molecule has 33 heavy (non-hydrogen) atoms. The SMILES string of the molecule is C[C@@H]1CCc2sc(N3C(=O)[C@@H]4C5c6ccccc6C(c6ccccc65)[C@H]4C3=O)c(C#N)c2C1. The molecule has 3 atom stereocenters. The minimum absolute atomic E-state index is 0.117. The Bertz CT molecular complexity index is 1300. The molecule has 4 nitrogen and oxygen atoms in total. The topological polar surface area (TPSA) is 61.2 Å². The first-order chi connectivity index (χ1) is 16.1. The zero-order valence-electron chi connectivity index (χ0n) is 18.2. The molecule has 0 N–H and O–H groups in total. The van der Waals surface area contributed by atoms with Crippen LogP contribution >= 0.6 is 11.3 Å². The Morgan fingerprint density at radius 3 is 1.91 bits per heavy atom. The second kappa shape index (κ2) is 6.65. The number of carbonyl (C=O) groups excluding carboxylic acids is 2. The second-order valence-electron chi connectivity index (χ2n) is 9.92. The number of nitriles is 1. The number of rotatable bonds is 1. The maximum atomic E-state index is 14.0. The van der Waals surface area contributed by atoms with Crippen molar-refractivity contribution in [3.63, 3.8) is 0 Å². The number of aryl methyl sites for hydroxylation is 1. The maximum absolute atomic E-state index is 14.0. The van der Waals surface area contributed by atoms with E-state index in [0.29, 0.717) is 16.5 Å². The fourth-order valence-corrected chi connectivity index (χ4v) is 8.20. The van der Waals surface area contributed by atoms with Crippen LogP contribution in [0.2, 0.25) is 0 Å². The summed E-state index contributed by atoms with van der Waals surface area (Å²) in [6, 6.07) is 18.9. The highest BCUT2D eigenvalue weighted by molar-refractivity contribution is 7.17. The predicted molar refractivity (Wildman–Crippen MR) is 126 cm³/mol. The van der Waals surface area contributed by atoms with Gasteiger partial charge in [0.2, 0.25) is 11.8 Å². The highest BCUT2D eigenvalue weighted by Gasteiger charge is 2.62. The molecule has 3 aromatic rings. The van der Waals surface area contributed by atoms with E-state index in [1.165, 1.54) is 43.4 Å². The van der Waals surface area contributed by atoms with Crippen molar-refractivity contribution in [2.45, 2.75) is 38.0 Å². The van der Waals surface area contributed by atoms with E-state index in [1.54, 1.807) is 0 Å². The maximum Gasteiger partial charge on any atom is 0.239 e. The lowest BCUT2D eigenvalue weighted by molar-refractivity contribution is -0.122. The number of anilines is 1. The molecule has 2 aromatic carbocycles. The number of amides is 2. The second-order valence-corrected chi connectivity index (χ2v) is 11.0. The first-order valence-corrected chi connectivity index (χ1v) is 12.5. The lowest BCUT2D eigenvalue weighted by atomic mass is 9.55. The molecule has 0 saturated carbocycles. The highest BCUT2D eigenvalue weighted by atomic mass is 32.1. The zero-order valence-corrected chi connectivity index (χ0v) is 19.1. The van der Waals surface area contributed by atoms with Gasteiger partial charge in [-0.15, -0.1) is 11.3 Å². The molecule has 4 aliphatic carbocycles. The van der Waals surface area contributed by atoms with Crippen LogP contribution in [-0.2, 0) is 22.4 Å². The molecular formula is C28H22N2O2S. The van der Waals surface area contributed by atoms with Crippen molar-refractivity contribution in [2.75, 3.05) is 4.90 Å². The van der Waals surface area contributed by atoms with Crippen molar-refractivity contribution >= 4 is 28.2 Å². The number of hydrogen-bond donors (Lipinski definition) is 0. The normalized spacial score (nSPS) is 28.7. The molecule has 1 fully saturated rings. The number of hydrogen-bond acceptors (Lipinski definition) is 4. The van der Waals surface area contributed by atoms with Crippen LogP contribution in [-0.4, -0.2) is 11.8 Å². The van der Waals surface area contributed by atoms with Crippen LogP contribution in [0.5, 0.6) is 0 Å². The third kappa shape index (κ3) is 2.34. The molecular weight excluding hydrogens is 428 g/mol. The van der Waals surface area contributed by atoms with Gasteiger partial charge in [0.1, 0.15) is 11.1 Å². The summed E-state index contributed by atoms with van der Waals surface area (Å²) in [5.74, 6) is -0.796. The standard InChI is InChI=1S/C28H22N2O2S/c1-14-10-11-21-19(12-14)20(13-29)28(33-21)30-26(31)24-22-15-6-2-3-7-16(15)23(25(24)27(30)32)18-9-5-4-8-17(18)22/h2-9,14,22-25H,10-12H2,1H3/t14-,22?,23?,24-,25-/m1/s1. The zero-order chi connectivity index (χ0) is 22.4. The fraction of sp³-hybridized carbons (Fsp3) is 0.321. The summed E-state index contributed by atoms with van der Waals surface area (Å²) < 4.78 is 0. The van der Waals surface area contributed by atoms with Gasteiger partial charge in [0.05, 0.1) is 17.4 Å². The molecule has 0 spiro atoms. The van der Waals surface area contributed by atoms with Gasteiger partial charge in [-0.05, 0) is 53.0 Å². The Labute approximate surface area is 196 Å². The molecule has 5 heteroatoms. The number of carbonyl (C=O) groups is 2. The summed E-state index contributed by atoms with van der Waals surface area (Å²) in [7, 11) is 0. The molecule has 5 aliphatic rings. The number of imide groups is 1. The van der Waals surface area contributed by atoms with Crippen molar-refractivity contribution in [3.05, 3.63) is 86.8 Å². The minimum Gasteiger partial charge on any atom is -0.274 e. The summed E-state index contributed by atoms with van der Waals surface area (Å²) in [6.07, 6.45) is 2.85. The van der Waals surface area contributed by atoms with Crippen molar-refractivity contribution in [1.82, 2.24) is 0 Å². The third-order valence-electron chi connectivity index (χ3n) is 8.25. The van der Waals surface area contributed by atoms with Crippen LogP contribution in [0.15, 0.2) is 48.5 Å².